The summed E-state index contributed by atoms with van der Waals surface area (Å²) in [7, 11) is 0. The van der Waals surface area contributed by atoms with Crippen LogP contribution in [0.25, 0.3) is 93.0 Å². The minimum absolute atomic E-state index is 0.0193. The molecule has 0 aliphatic rings. The molecule has 0 saturated heterocycles. The van der Waals surface area contributed by atoms with Gasteiger partial charge in [-0.2, -0.15) is 0 Å². The van der Waals surface area contributed by atoms with E-state index in [4.69, 9.17) is 15.0 Å². The summed E-state index contributed by atoms with van der Waals surface area (Å²) < 4.78 is 4.73. The van der Waals surface area contributed by atoms with E-state index in [0.29, 0.717) is 23.0 Å². The van der Waals surface area contributed by atoms with Gasteiger partial charge >= 0.3 is 0 Å². The normalized spacial score (nSPS) is 11.5. The highest BCUT2D eigenvalue weighted by molar-refractivity contribution is 7.26. The molecule has 53 heavy (non-hydrogen) atoms. The average molecular weight is 702 g/mol. The Bertz CT molecular complexity index is 2990. The third-order valence-corrected chi connectivity index (χ3v) is 10.9. The monoisotopic (exact) mass is 701 g/mol. The Labute approximate surface area is 307 Å². The summed E-state index contributed by atoms with van der Waals surface area (Å²) in [6.07, 6.45) is 0. The standard InChI is InChI=1S/C45H27N5O2S/c51-50(52)32-17-11-16-30(26-32)37-27-31(45-47-43(28-12-3-1-4-13-28)46-44(48-45)29-14-5-2-6-15-29)22-25-39(37)49-38-20-9-7-18-33(38)35-23-24-36-34-19-8-10-21-40(34)53-42(36)41(35)49/h1-27H. The van der Waals surface area contributed by atoms with Crippen LogP contribution in [-0.4, -0.2) is 24.4 Å². The number of aromatic nitrogens is 4. The molecular weight excluding hydrogens is 675 g/mol. The second-order valence-electron chi connectivity index (χ2n) is 12.9. The number of hydrogen-bond acceptors (Lipinski definition) is 6. The van der Waals surface area contributed by atoms with Gasteiger partial charge in [-0.15, -0.1) is 11.3 Å². The first-order valence-corrected chi connectivity index (χ1v) is 18.0. The zero-order valence-corrected chi connectivity index (χ0v) is 28.9. The largest absolute Gasteiger partial charge is 0.307 e. The number of fused-ring (bicyclic) bond motifs is 7. The Morgan fingerprint density at radius 3 is 1.83 bits per heavy atom. The van der Waals surface area contributed by atoms with Crippen molar-refractivity contribution in [1.29, 1.82) is 0 Å². The van der Waals surface area contributed by atoms with Crippen LogP contribution in [0.4, 0.5) is 5.69 Å². The fraction of sp³-hybridized carbons (Fsp3) is 0. The second kappa shape index (κ2) is 12.3. The van der Waals surface area contributed by atoms with Crippen LogP contribution in [0.15, 0.2) is 164 Å². The van der Waals surface area contributed by atoms with Gasteiger partial charge in [0.2, 0.25) is 0 Å². The molecule has 0 spiro atoms. The lowest BCUT2D eigenvalue weighted by Crippen LogP contribution is -2.02. The van der Waals surface area contributed by atoms with Gasteiger partial charge in [0, 0.05) is 60.6 Å². The molecule has 0 aliphatic carbocycles. The Morgan fingerprint density at radius 2 is 1.11 bits per heavy atom. The predicted octanol–water partition coefficient (Wildman–Crippen LogP) is 11.9. The van der Waals surface area contributed by atoms with E-state index < -0.39 is 0 Å². The number of nitro benzene ring substituents is 1. The molecule has 0 fully saturated rings. The molecule has 7 aromatic carbocycles. The van der Waals surface area contributed by atoms with Gasteiger partial charge in [0.1, 0.15) is 0 Å². The minimum atomic E-state index is -0.349. The summed E-state index contributed by atoms with van der Waals surface area (Å²) in [5, 5.41) is 16.8. The number of nitrogens with zero attached hydrogens (tertiary/aromatic N) is 5. The number of rotatable bonds is 6. The van der Waals surface area contributed by atoms with Crippen molar-refractivity contribution in [2.75, 3.05) is 0 Å². The Kier molecular flexibility index (Phi) is 7.16. The van der Waals surface area contributed by atoms with Crippen molar-refractivity contribution in [3.63, 3.8) is 0 Å². The predicted molar refractivity (Wildman–Crippen MR) is 215 cm³/mol. The van der Waals surface area contributed by atoms with Crippen LogP contribution < -0.4 is 0 Å². The maximum Gasteiger partial charge on any atom is 0.270 e. The fourth-order valence-electron chi connectivity index (χ4n) is 7.31. The maximum absolute atomic E-state index is 12.1. The van der Waals surface area contributed by atoms with Crippen molar-refractivity contribution in [2.24, 2.45) is 0 Å². The molecule has 10 aromatic rings. The first-order valence-electron chi connectivity index (χ1n) is 17.2. The summed E-state index contributed by atoms with van der Waals surface area (Å²) in [4.78, 5) is 26.6. The average Bonchev–Trinajstić information content (AvgIpc) is 3.77. The fourth-order valence-corrected chi connectivity index (χ4v) is 8.55. The first kappa shape index (κ1) is 30.8. The molecule has 3 aromatic heterocycles. The molecule has 0 amide bonds. The van der Waals surface area contributed by atoms with E-state index in [9.17, 15) is 10.1 Å². The van der Waals surface area contributed by atoms with Gasteiger partial charge in [0.05, 0.1) is 26.3 Å². The molecule has 250 valence electrons. The zero-order valence-electron chi connectivity index (χ0n) is 28.0. The van der Waals surface area contributed by atoms with Crippen LogP contribution >= 0.6 is 11.3 Å². The highest BCUT2D eigenvalue weighted by Gasteiger charge is 2.22. The van der Waals surface area contributed by atoms with Crippen LogP contribution in [0.1, 0.15) is 0 Å². The third kappa shape index (κ3) is 5.15. The number of para-hydroxylation sites is 1. The van der Waals surface area contributed by atoms with E-state index in [0.717, 1.165) is 49.7 Å². The Balaban J connectivity index is 1.28. The maximum atomic E-state index is 12.1. The summed E-state index contributed by atoms with van der Waals surface area (Å²) >= 11 is 1.79. The lowest BCUT2D eigenvalue weighted by Gasteiger charge is -2.16. The van der Waals surface area contributed by atoms with Crippen LogP contribution in [0.3, 0.4) is 0 Å². The van der Waals surface area contributed by atoms with Gasteiger partial charge in [-0.25, -0.2) is 15.0 Å². The Morgan fingerprint density at radius 1 is 0.509 bits per heavy atom. The summed E-state index contributed by atoms with van der Waals surface area (Å²) in [5.74, 6) is 1.63. The molecule has 0 bridgehead atoms. The highest BCUT2D eigenvalue weighted by Crippen LogP contribution is 2.45. The van der Waals surface area contributed by atoms with E-state index in [1.54, 1.807) is 23.5 Å². The number of benzene rings is 7. The molecule has 10 rings (SSSR count). The van der Waals surface area contributed by atoms with Crippen molar-refractivity contribution in [2.45, 2.75) is 0 Å². The molecule has 0 radical (unpaired) electrons. The Hall–Kier alpha value is -7.03. The van der Waals surface area contributed by atoms with Crippen molar-refractivity contribution in [3.05, 3.63) is 174 Å². The smallest absolute Gasteiger partial charge is 0.270 e. The van der Waals surface area contributed by atoms with Gasteiger partial charge < -0.3 is 4.57 Å². The van der Waals surface area contributed by atoms with E-state index in [1.807, 2.05) is 72.8 Å². The van der Waals surface area contributed by atoms with Crippen molar-refractivity contribution < 1.29 is 4.92 Å². The van der Waals surface area contributed by atoms with Gasteiger partial charge in [-0.1, -0.05) is 121 Å². The van der Waals surface area contributed by atoms with Crippen LogP contribution in [-0.2, 0) is 0 Å². The van der Waals surface area contributed by atoms with Gasteiger partial charge in [0.15, 0.2) is 17.5 Å². The molecular formula is C45H27N5O2S. The second-order valence-corrected chi connectivity index (χ2v) is 13.9. The molecule has 3 heterocycles. The SMILES string of the molecule is O=[N+]([O-])c1cccc(-c2cc(-c3nc(-c4ccccc4)nc(-c4ccccc4)n3)ccc2-n2c3ccccc3c3ccc4c5ccccc5sc4c32)c1. The topological polar surface area (TPSA) is 86.7 Å². The molecule has 0 saturated carbocycles. The van der Waals surface area contributed by atoms with Crippen molar-refractivity contribution >= 4 is 59.0 Å². The van der Waals surface area contributed by atoms with Crippen LogP contribution in [0, 0.1) is 10.1 Å². The number of thiophene rings is 1. The van der Waals surface area contributed by atoms with E-state index >= 15 is 0 Å². The first-order chi connectivity index (χ1) is 26.1. The van der Waals surface area contributed by atoms with E-state index in [2.05, 4.69) is 77.4 Å². The van der Waals surface area contributed by atoms with E-state index in [-0.39, 0.29) is 10.6 Å². The molecule has 7 nitrogen and oxygen atoms in total. The molecule has 8 heteroatoms. The molecule has 0 aliphatic heterocycles. The van der Waals surface area contributed by atoms with Gasteiger partial charge in [-0.05, 0) is 35.9 Å². The molecule has 0 unspecified atom stereocenters. The molecule has 0 atom stereocenters. The minimum Gasteiger partial charge on any atom is -0.307 e. The lowest BCUT2D eigenvalue weighted by molar-refractivity contribution is -0.384. The van der Waals surface area contributed by atoms with Gasteiger partial charge in [-0.3, -0.25) is 10.1 Å². The summed E-state index contributed by atoms with van der Waals surface area (Å²) in [6.45, 7) is 0. The zero-order chi connectivity index (χ0) is 35.5. The van der Waals surface area contributed by atoms with Crippen LogP contribution in [0.5, 0.6) is 0 Å². The van der Waals surface area contributed by atoms with Crippen molar-refractivity contribution in [1.82, 2.24) is 19.5 Å². The lowest BCUT2D eigenvalue weighted by atomic mass is 9.99. The van der Waals surface area contributed by atoms with Crippen LogP contribution in [0.2, 0.25) is 0 Å². The highest BCUT2D eigenvalue weighted by atomic mass is 32.1. The quantitative estimate of drug-likeness (QED) is 0.127. The third-order valence-electron chi connectivity index (χ3n) is 9.74. The van der Waals surface area contributed by atoms with Gasteiger partial charge in [0.25, 0.3) is 5.69 Å². The number of hydrogen-bond donors (Lipinski definition) is 0. The van der Waals surface area contributed by atoms with E-state index in [1.165, 1.54) is 26.2 Å². The summed E-state index contributed by atoms with van der Waals surface area (Å²) in [5.41, 5.74) is 7.10. The number of nitro groups is 1. The molecule has 0 N–H and O–H groups in total. The van der Waals surface area contributed by atoms with Crippen molar-refractivity contribution in [3.8, 4) is 51.0 Å². The summed E-state index contributed by atoms with van der Waals surface area (Å²) in [6, 6.07) is 54.2. The number of non-ortho nitro benzene ring substituents is 1.